The first kappa shape index (κ1) is 16.1. The lowest BCUT2D eigenvalue weighted by molar-refractivity contribution is 0.561. The smallest absolute Gasteiger partial charge is 0.159 e. The monoisotopic (exact) mass is 396 g/mol. The van der Waals surface area contributed by atoms with Gasteiger partial charge in [0, 0.05) is 17.3 Å². The molecule has 2 nitrogen and oxygen atoms in total. The third-order valence-electron chi connectivity index (χ3n) is 3.68. The van der Waals surface area contributed by atoms with E-state index in [4.69, 9.17) is 11.6 Å². The Labute approximate surface area is 145 Å². The quantitative estimate of drug-likeness (QED) is 0.542. The molecule has 0 amide bonds. The first-order valence-electron chi connectivity index (χ1n) is 6.92. The second-order valence-corrected chi connectivity index (χ2v) is 6.35. The van der Waals surface area contributed by atoms with Crippen molar-refractivity contribution in [3.8, 4) is 11.1 Å². The molecule has 1 atom stereocenters. The van der Waals surface area contributed by atoms with Gasteiger partial charge in [0.2, 0.25) is 0 Å². The minimum atomic E-state index is -0.386. The molecule has 1 unspecified atom stereocenters. The van der Waals surface area contributed by atoms with E-state index in [2.05, 4.69) is 21.0 Å². The number of aromatic nitrogens is 2. The number of hydrogen-bond donors (Lipinski definition) is 0. The highest BCUT2D eigenvalue weighted by atomic mass is 79.9. The fourth-order valence-electron chi connectivity index (χ4n) is 2.35. The minimum Gasteiger partial charge on any atom is -0.263 e. The van der Waals surface area contributed by atoms with Crippen LogP contribution in [0.2, 0.25) is 5.15 Å². The molecule has 0 aliphatic heterocycles. The van der Waals surface area contributed by atoms with Crippen molar-refractivity contribution in [1.29, 1.82) is 0 Å². The zero-order chi connectivity index (χ0) is 16.6. The van der Waals surface area contributed by atoms with Gasteiger partial charge in [-0.15, -0.1) is 0 Å². The van der Waals surface area contributed by atoms with E-state index in [1.807, 2.05) is 6.92 Å². The Morgan fingerprint density at radius 2 is 1.78 bits per heavy atom. The van der Waals surface area contributed by atoms with E-state index in [1.54, 1.807) is 41.2 Å². The van der Waals surface area contributed by atoms with Crippen molar-refractivity contribution in [3.63, 3.8) is 0 Å². The zero-order valence-corrected chi connectivity index (χ0v) is 14.4. The summed E-state index contributed by atoms with van der Waals surface area (Å²) in [4.78, 5) is 0. The average Bonchev–Trinajstić information content (AvgIpc) is 2.92. The van der Waals surface area contributed by atoms with Crippen LogP contribution in [0, 0.1) is 11.6 Å². The molecule has 3 aromatic rings. The van der Waals surface area contributed by atoms with E-state index in [0.717, 1.165) is 5.56 Å². The number of rotatable bonds is 3. The highest BCUT2D eigenvalue weighted by molar-refractivity contribution is 9.10. The summed E-state index contributed by atoms with van der Waals surface area (Å²) >= 11 is 9.35. The molecule has 0 radical (unpaired) electrons. The first-order chi connectivity index (χ1) is 11.0. The third-order valence-corrected chi connectivity index (χ3v) is 4.57. The van der Waals surface area contributed by atoms with Crippen LogP contribution >= 0.6 is 27.5 Å². The van der Waals surface area contributed by atoms with Crippen LogP contribution in [-0.4, -0.2) is 9.78 Å². The molecule has 0 aliphatic carbocycles. The molecular formula is C17H12BrClF2N2. The fourth-order valence-corrected chi connectivity index (χ4v) is 2.96. The standard InChI is InChI=1S/C17H12BrClF2N2/c1-10(11-5-7-12(20)8-6-11)23-9-14(17(19)22-23)13-3-2-4-15(18)16(13)21/h2-10H,1H3. The van der Waals surface area contributed by atoms with Crippen molar-refractivity contribution in [1.82, 2.24) is 9.78 Å². The Balaban J connectivity index is 2.01. The van der Waals surface area contributed by atoms with Gasteiger partial charge in [-0.05, 0) is 46.6 Å². The average molecular weight is 398 g/mol. The van der Waals surface area contributed by atoms with Crippen molar-refractivity contribution in [2.24, 2.45) is 0 Å². The molecule has 0 bridgehead atoms. The van der Waals surface area contributed by atoms with Crippen molar-refractivity contribution in [2.45, 2.75) is 13.0 Å². The van der Waals surface area contributed by atoms with E-state index in [0.29, 0.717) is 15.6 Å². The largest absolute Gasteiger partial charge is 0.263 e. The highest BCUT2D eigenvalue weighted by Gasteiger charge is 2.17. The molecule has 3 rings (SSSR count). The summed E-state index contributed by atoms with van der Waals surface area (Å²) in [5.41, 5.74) is 1.77. The molecule has 118 valence electrons. The lowest BCUT2D eigenvalue weighted by atomic mass is 10.1. The molecule has 1 heterocycles. The molecule has 23 heavy (non-hydrogen) atoms. The van der Waals surface area contributed by atoms with E-state index in [-0.39, 0.29) is 22.8 Å². The van der Waals surface area contributed by atoms with E-state index >= 15 is 0 Å². The van der Waals surface area contributed by atoms with Crippen LogP contribution in [0.4, 0.5) is 8.78 Å². The molecule has 2 aromatic carbocycles. The molecule has 0 N–H and O–H groups in total. The van der Waals surface area contributed by atoms with Crippen molar-refractivity contribution in [2.75, 3.05) is 0 Å². The summed E-state index contributed by atoms with van der Waals surface area (Å²) in [6.45, 7) is 1.91. The molecule has 0 fully saturated rings. The molecule has 0 aliphatic rings. The molecular weight excluding hydrogens is 386 g/mol. The molecule has 0 saturated heterocycles. The summed E-state index contributed by atoms with van der Waals surface area (Å²) in [5, 5.41) is 4.48. The Hall–Kier alpha value is -1.72. The maximum absolute atomic E-state index is 14.3. The van der Waals surface area contributed by atoms with Crippen molar-refractivity contribution >= 4 is 27.5 Å². The van der Waals surface area contributed by atoms with Gasteiger partial charge in [-0.1, -0.05) is 35.9 Å². The van der Waals surface area contributed by atoms with Gasteiger partial charge in [0.05, 0.1) is 10.5 Å². The van der Waals surface area contributed by atoms with Crippen molar-refractivity contribution in [3.05, 3.63) is 75.5 Å². The number of benzene rings is 2. The topological polar surface area (TPSA) is 17.8 Å². The van der Waals surface area contributed by atoms with Gasteiger partial charge in [-0.25, -0.2) is 8.78 Å². The minimum absolute atomic E-state index is 0.155. The molecule has 1 aromatic heterocycles. The molecule has 0 saturated carbocycles. The number of halogens is 4. The van der Waals surface area contributed by atoms with Crippen molar-refractivity contribution < 1.29 is 8.78 Å². The fraction of sp³-hybridized carbons (Fsp3) is 0.118. The second kappa shape index (κ2) is 6.42. The Morgan fingerprint density at radius 3 is 2.48 bits per heavy atom. The summed E-state index contributed by atoms with van der Waals surface area (Å²) in [6, 6.07) is 11.0. The van der Waals surface area contributed by atoms with Crippen LogP contribution in [0.25, 0.3) is 11.1 Å². The zero-order valence-electron chi connectivity index (χ0n) is 12.1. The second-order valence-electron chi connectivity index (χ2n) is 5.14. The van der Waals surface area contributed by atoms with Gasteiger partial charge >= 0.3 is 0 Å². The molecule has 0 spiro atoms. The van der Waals surface area contributed by atoms with Crippen LogP contribution in [0.1, 0.15) is 18.5 Å². The Morgan fingerprint density at radius 1 is 1.09 bits per heavy atom. The normalized spacial score (nSPS) is 12.4. The highest BCUT2D eigenvalue weighted by Crippen LogP contribution is 2.33. The van der Waals surface area contributed by atoms with Gasteiger partial charge in [-0.2, -0.15) is 5.10 Å². The predicted octanol–water partition coefficient (Wildman–Crippen LogP) is 5.85. The van der Waals surface area contributed by atoms with Gasteiger partial charge in [-0.3, -0.25) is 4.68 Å². The van der Waals surface area contributed by atoms with Gasteiger partial charge in [0.15, 0.2) is 5.15 Å². The van der Waals surface area contributed by atoms with Crippen LogP contribution in [0.15, 0.2) is 53.1 Å². The maximum atomic E-state index is 14.3. The number of nitrogens with zero attached hydrogens (tertiary/aromatic N) is 2. The lowest BCUT2D eigenvalue weighted by Gasteiger charge is -2.12. The van der Waals surface area contributed by atoms with E-state index < -0.39 is 0 Å². The summed E-state index contributed by atoms with van der Waals surface area (Å²) in [5.74, 6) is -0.681. The third kappa shape index (κ3) is 3.16. The van der Waals surface area contributed by atoms with Crippen LogP contribution in [0.5, 0.6) is 0 Å². The van der Waals surface area contributed by atoms with E-state index in [9.17, 15) is 8.78 Å². The Bertz CT molecular complexity index is 846. The summed E-state index contributed by atoms with van der Waals surface area (Å²) in [7, 11) is 0. The Kier molecular flexibility index (Phi) is 4.50. The van der Waals surface area contributed by atoms with Gasteiger partial charge < -0.3 is 0 Å². The summed E-state index contributed by atoms with van der Waals surface area (Å²) < 4.78 is 29.3. The van der Waals surface area contributed by atoms with Gasteiger partial charge in [0.25, 0.3) is 0 Å². The van der Waals surface area contributed by atoms with Gasteiger partial charge in [0.1, 0.15) is 11.6 Å². The molecule has 6 heteroatoms. The number of hydrogen-bond acceptors (Lipinski definition) is 1. The predicted molar refractivity (Wildman–Crippen MR) is 90.5 cm³/mol. The van der Waals surface area contributed by atoms with E-state index in [1.165, 1.54) is 12.1 Å². The lowest BCUT2D eigenvalue weighted by Crippen LogP contribution is -2.07. The van der Waals surface area contributed by atoms with Crippen LogP contribution < -0.4 is 0 Å². The van der Waals surface area contributed by atoms with Crippen LogP contribution in [-0.2, 0) is 0 Å². The first-order valence-corrected chi connectivity index (χ1v) is 8.09. The van der Waals surface area contributed by atoms with Crippen LogP contribution in [0.3, 0.4) is 0 Å². The SMILES string of the molecule is CC(c1ccc(F)cc1)n1cc(-c2cccc(Br)c2F)c(Cl)n1. The summed E-state index contributed by atoms with van der Waals surface area (Å²) in [6.07, 6.45) is 1.70. The maximum Gasteiger partial charge on any atom is 0.159 e.